The highest BCUT2D eigenvalue weighted by molar-refractivity contribution is 5.97. The summed E-state index contributed by atoms with van der Waals surface area (Å²) in [7, 11) is 0. The lowest BCUT2D eigenvalue weighted by atomic mass is 9.88. The molecular weight excluding hydrogens is 356 g/mol. The Balaban J connectivity index is 2.17. The van der Waals surface area contributed by atoms with Crippen molar-refractivity contribution in [1.29, 1.82) is 0 Å². The number of primary amides is 1. The van der Waals surface area contributed by atoms with Crippen LogP contribution in [0.3, 0.4) is 0 Å². The number of benzene rings is 1. The summed E-state index contributed by atoms with van der Waals surface area (Å²) in [5, 5.41) is 2.74. The number of rotatable bonds is 10. The van der Waals surface area contributed by atoms with Gasteiger partial charge in [0, 0.05) is 24.7 Å². The summed E-state index contributed by atoms with van der Waals surface area (Å²) in [6.45, 7) is 3.94. The van der Waals surface area contributed by atoms with Crippen molar-refractivity contribution < 1.29 is 14.4 Å². The van der Waals surface area contributed by atoms with E-state index >= 15 is 0 Å². The van der Waals surface area contributed by atoms with E-state index in [1.807, 2.05) is 44.2 Å². The van der Waals surface area contributed by atoms with Crippen molar-refractivity contribution >= 4 is 17.6 Å². The molecule has 0 aliphatic heterocycles. The molecular formula is C21H26N4O3. The second kappa shape index (κ2) is 10.3. The minimum absolute atomic E-state index is 0.00817. The van der Waals surface area contributed by atoms with Crippen LogP contribution in [-0.2, 0) is 16.0 Å². The molecule has 0 aliphatic carbocycles. The third-order valence-electron chi connectivity index (χ3n) is 4.38. The number of amides is 2. The predicted octanol–water partition coefficient (Wildman–Crippen LogP) is 1.92. The fourth-order valence-electron chi connectivity index (χ4n) is 3.00. The number of nitrogens with one attached hydrogen (secondary N) is 1. The number of nitrogens with zero attached hydrogens (tertiary/aromatic N) is 2. The molecule has 2 amide bonds. The minimum atomic E-state index is -0.786. The molecule has 2 rings (SSSR count). The van der Waals surface area contributed by atoms with E-state index in [2.05, 4.69) is 15.3 Å². The molecule has 0 saturated heterocycles. The maximum Gasteiger partial charge on any atom is 0.272 e. The summed E-state index contributed by atoms with van der Waals surface area (Å²) in [5.74, 6) is -1.54. The first-order chi connectivity index (χ1) is 13.4. The van der Waals surface area contributed by atoms with Crippen LogP contribution in [0.15, 0.2) is 48.9 Å². The fourth-order valence-corrected chi connectivity index (χ4v) is 3.00. The van der Waals surface area contributed by atoms with Crippen LogP contribution < -0.4 is 11.1 Å². The van der Waals surface area contributed by atoms with Crippen molar-refractivity contribution in [3.63, 3.8) is 0 Å². The molecule has 0 saturated carbocycles. The normalized spacial score (nSPS) is 13.0. The van der Waals surface area contributed by atoms with E-state index in [0.717, 1.165) is 5.56 Å². The average Bonchev–Trinajstić information content (AvgIpc) is 2.68. The van der Waals surface area contributed by atoms with E-state index in [1.165, 1.54) is 18.6 Å². The molecule has 3 N–H and O–H groups in total. The first kappa shape index (κ1) is 21.2. The topological polar surface area (TPSA) is 115 Å². The molecule has 1 aromatic heterocycles. The smallest absolute Gasteiger partial charge is 0.272 e. The van der Waals surface area contributed by atoms with E-state index < -0.39 is 23.8 Å². The van der Waals surface area contributed by atoms with Crippen LogP contribution in [0, 0.1) is 11.8 Å². The van der Waals surface area contributed by atoms with Crippen LogP contribution in [0.2, 0.25) is 0 Å². The molecule has 7 nitrogen and oxygen atoms in total. The number of aromatic nitrogens is 2. The molecule has 0 unspecified atom stereocenters. The summed E-state index contributed by atoms with van der Waals surface area (Å²) < 4.78 is 0. The van der Waals surface area contributed by atoms with Gasteiger partial charge in [0.05, 0.1) is 12.2 Å². The molecule has 0 bridgehead atoms. The Morgan fingerprint density at radius 1 is 1.11 bits per heavy atom. The number of ketones is 1. The Hall–Kier alpha value is -3.09. The molecule has 0 spiro atoms. The van der Waals surface area contributed by atoms with E-state index in [1.54, 1.807) is 0 Å². The van der Waals surface area contributed by atoms with E-state index in [-0.39, 0.29) is 23.8 Å². The van der Waals surface area contributed by atoms with Crippen LogP contribution >= 0.6 is 0 Å². The molecule has 0 fully saturated rings. The Morgan fingerprint density at radius 2 is 1.82 bits per heavy atom. The molecule has 2 atom stereocenters. The molecule has 0 radical (unpaired) electrons. The first-order valence-corrected chi connectivity index (χ1v) is 9.29. The SMILES string of the molecule is CC(C)C[C@H](CC(=O)[C@H](Cc1ccccc1)NC(=O)c1cnccn1)C(N)=O. The summed E-state index contributed by atoms with van der Waals surface area (Å²) in [4.78, 5) is 45.0. The van der Waals surface area contributed by atoms with Gasteiger partial charge in [-0.1, -0.05) is 44.2 Å². The van der Waals surface area contributed by atoms with Crippen LogP contribution in [-0.4, -0.2) is 33.6 Å². The van der Waals surface area contributed by atoms with Gasteiger partial charge in [-0.25, -0.2) is 4.98 Å². The highest BCUT2D eigenvalue weighted by Crippen LogP contribution is 2.17. The maximum atomic E-state index is 13.0. The van der Waals surface area contributed by atoms with Gasteiger partial charge in [0.25, 0.3) is 5.91 Å². The zero-order valence-electron chi connectivity index (χ0n) is 16.2. The van der Waals surface area contributed by atoms with Crippen LogP contribution in [0.5, 0.6) is 0 Å². The molecule has 1 heterocycles. The molecule has 2 aromatic rings. The van der Waals surface area contributed by atoms with Crippen molar-refractivity contribution in [2.24, 2.45) is 17.6 Å². The first-order valence-electron chi connectivity index (χ1n) is 9.29. The van der Waals surface area contributed by atoms with Gasteiger partial charge >= 0.3 is 0 Å². The second-order valence-corrected chi connectivity index (χ2v) is 7.21. The third-order valence-corrected chi connectivity index (χ3v) is 4.38. The van der Waals surface area contributed by atoms with Crippen molar-refractivity contribution in [2.45, 2.75) is 39.2 Å². The van der Waals surface area contributed by atoms with Gasteiger partial charge in [0.15, 0.2) is 5.78 Å². The number of nitrogens with two attached hydrogens (primary N) is 1. The number of hydrogen-bond donors (Lipinski definition) is 2. The number of carbonyl (C=O) groups is 3. The van der Waals surface area contributed by atoms with E-state index in [9.17, 15) is 14.4 Å². The number of hydrogen-bond acceptors (Lipinski definition) is 5. The zero-order valence-corrected chi connectivity index (χ0v) is 16.2. The Bertz CT molecular complexity index is 794. The summed E-state index contributed by atoms with van der Waals surface area (Å²) in [6.07, 6.45) is 5.05. The average molecular weight is 382 g/mol. The third kappa shape index (κ3) is 6.57. The summed E-state index contributed by atoms with van der Waals surface area (Å²) in [5.41, 5.74) is 6.51. The molecule has 7 heteroatoms. The predicted molar refractivity (Wildman–Crippen MR) is 105 cm³/mol. The van der Waals surface area contributed by atoms with Gasteiger partial charge in [0.1, 0.15) is 5.69 Å². The van der Waals surface area contributed by atoms with Crippen molar-refractivity contribution in [3.05, 3.63) is 60.2 Å². The monoisotopic (exact) mass is 382 g/mol. The zero-order chi connectivity index (χ0) is 20.5. The number of carbonyl (C=O) groups excluding carboxylic acids is 3. The lowest BCUT2D eigenvalue weighted by Gasteiger charge is -2.21. The Morgan fingerprint density at radius 3 is 2.39 bits per heavy atom. The van der Waals surface area contributed by atoms with Crippen molar-refractivity contribution in [1.82, 2.24) is 15.3 Å². The molecule has 1 aromatic carbocycles. The van der Waals surface area contributed by atoms with Crippen LogP contribution in [0.4, 0.5) is 0 Å². The Kier molecular flexibility index (Phi) is 7.80. The largest absolute Gasteiger partial charge is 0.369 e. The fraction of sp³-hybridized carbons (Fsp3) is 0.381. The molecule has 28 heavy (non-hydrogen) atoms. The standard InChI is InChI=1S/C21H26N4O3/c1-14(2)10-16(20(22)27)12-19(26)17(11-15-6-4-3-5-7-15)25-21(28)18-13-23-8-9-24-18/h3-9,13-14,16-17H,10-12H2,1-2H3,(H2,22,27)(H,25,28)/t16-,17+/m1/s1. The van der Waals surface area contributed by atoms with Crippen LogP contribution in [0.1, 0.15) is 42.7 Å². The molecule has 0 aliphatic rings. The van der Waals surface area contributed by atoms with Crippen molar-refractivity contribution in [2.75, 3.05) is 0 Å². The van der Waals surface area contributed by atoms with Gasteiger partial charge in [-0.2, -0.15) is 0 Å². The van der Waals surface area contributed by atoms with Gasteiger partial charge in [-0.15, -0.1) is 0 Å². The summed E-state index contributed by atoms with van der Waals surface area (Å²) >= 11 is 0. The molecule has 148 valence electrons. The Labute approximate surface area is 164 Å². The second-order valence-electron chi connectivity index (χ2n) is 7.21. The van der Waals surface area contributed by atoms with E-state index in [4.69, 9.17) is 5.73 Å². The highest BCUT2D eigenvalue weighted by atomic mass is 16.2. The van der Waals surface area contributed by atoms with Gasteiger partial charge in [-0.05, 0) is 24.3 Å². The lowest BCUT2D eigenvalue weighted by molar-refractivity contribution is -0.128. The van der Waals surface area contributed by atoms with Gasteiger partial charge in [-0.3, -0.25) is 19.4 Å². The number of Topliss-reactive ketones (excluding diaryl/α,β-unsaturated/α-hetero) is 1. The summed E-state index contributed by atoms with van der Waals surface area (Å²) in [6, 6.07) is 8.59. The van der Waals surface area contributed by atoms with Gasteiger partial charge < -0.3 is 11.1 Å². The maximum absolute atomic E-state index is 13.0. The van der Waals surface area contributed by atoms with Crippen LogP contribution in [0.25, 0.3) is 0 Å². The van der Waals surface area contributed by atoms with Crippen molar-refractivity contribution in [3.8, 4) is 0 Å². The highest BCUT2D eigenvalue weighted by Gasteiger charge is 2.27. The lowest BCUT2D eigenvalue weighted by Crippen LogP contribution is -2.44. The quantitative estimate of drug-likeness (QED) is 0.651. The van der Waals surface area contributed by atoms with Gasteiger partial charge in [0.2, 0.25) is 5.91 Å². The minimum Gasteiger partial charge on any atom is -0.369 e. The van der Waals surface area contributed by atoms with E-state index in [0.29, 0.717) is 12.8 Å².